The van der Waals surface area contributed by atoms with Crippen molar-refractivity contribution in [2.24, 2.45) is 0 Å². The van der Waals surface area contributed by atoms with Crippen molar-refractivity contribution in [1.29, 1.82) is 5.41 Å². The van der Waals surface area contributed by atoms with Gasteiger partial charge in [-0.15, -0.1) is 0 Å². The van der Waals surface area contributed by atoms with Crippen LogP contribution in [0.3, 0.4) is 0 Å². The normalized spacial score (nSPS) is 12.4. The molecule has 3 aromatic carbocycles. The van der Waals surface area contributed by atoms with Gasteiger partial charge in [0.15, 0.2) is 0 Å². The van der Waals surface area contributed by atoms with Gasteiger partial charge in [-0.2, -0.15) is 0 Å². The lowest BCUT2D eigenvalue weighted by molar-refractivity contribution is 0.154. The zero-order valence-corrected chi connectivity index (χ0v) is 18.9. The molecule has 0 saturated carbocycles. The van der Waals surface area contributed by atoms with E-state index in [4.69, 9.17) is 10.1 Å². The standard InChI is InChI=1S/C27H31N3O/c1-19-5-10-22(11-6-19)16-24(18-31-4)30-25-14-9-21(3)15-26(25)29(27(30)28)17-23-12-7-20(2)8-13-23/h5-15,24,28H,16-18H2,1-4H3/t24-/m0/s1. The van der Waals surface area contributed by atoms with Gasteiger partial charge < -0.3 is 13.9 Å². The molecule has 31 heavy (non-hydrogen) atoms. The molecule has 4 heteroatoms. The fraction of sp³-hybridized carbons (Fsp3) is 0.296. The van der Waals surface area contributed by atoms with E-state index in [9.17, 15) is 0 Å². The third-order valence-corrected chi connectivity index (χ3v) is 5.94. The number of aromatic nitrogens is 2. The highest BCUT2D eigenvalue weighted by Gasteiger charge is 2.20. The molecular weight excluding hydrogens is 382 g/mol. The van der Waals surface area contributed by atoms with E-state index in [1.165, 1.54) is 27.8 Å². The summed E-state index contributed by atoms with van der Waals surface area (Å²) in [6, 6.07) is 23.7. The van der Waals surface area contributed by atoms with Crippen LogP contribution in [0.5, 0.6) is 0 Å². The number of nitrogens with zero attached hydrogens (tertiary/aromatic N) is 2. The molecule has 1 heterocycles. The molecule has 160 valence electrons. The Hall–Kier alpha value is -3.11. The van der Waals surface area contributed by atoms with Gasteiger partial charge in [0.05, 0.1) is 30.2 Å². The summed E-state index contributed by atoms with van der Waals surface area (Å²) in [5, 5.41) is 9.12. The van der Waals surface area contributed by atoms with Gasteiger partial charge in [0, 0.05) is 7.11 Å². The Balaban J connectivity index is 1.81. The summed E-state index contributed by atoms with van der Waals surface area (Å²) in [7, 11) is 1.74. The molecule has 1 aromatic heterocycles. The second-order valence-corrected chi connectivity index (χ2v) is 8.56. The van der Waals surface area contributed by atoms with Crippen molar-refractivity contribution in [3.8, 4) is 0 Å². The van der Waals surface area contributed by atoms with Crippen LogP contribution < -0.4 is 5.62 Å². The molecule has 0 fully saturated rings. The highest BCUT2D eigenvalue weighted by Crippen LogP contribution is 2.23. The third kappa shape index (κ3) is 4.49. The fourth-order valence-corrected chi connectivity index (χ4v) is 4.23. The largest absolute Gasteiger partial charge is 0.383 e. The summed E-state index contributed by atoms with van der Waals surface area (Å²) >= 11 is 0. The highest BCUT2D eigenvalue weighted by atomic mass is 16.5. The molecule has 0 unspecified atom stereocenters. The summed E-state index contributed by atoms with van der Waals surface area (Å²) in [5.74, 6) is 0. The Morgan fingerprint density at radius 1 is 0.774 bits per heavy atom. The molecule has 0 saturated heterocycles. The van der Waals surface area contributed by atoms with E-state index < -0.39 is 0 Å². The van der Waals surface area contributed by atoms with Gasteiger partial charge >= 0.3 is 0 Å². The van der Waals surface area contributed by atoms with Crippen molar-refractivity contribution >= 4 is 11.0 Å². The zero-order valence-electron chi connectivity index (χ0n) is 18.9. The van der Waals surface area contributed by atoms with Crippen molar-refractivity contribution in [3.63, 3.8) is 0 Å². The number of imidazole rings is 1. The second-order valence-electron chi connectivity index (χ2n) is 8.56. The molecule has 1 atom stereocenters. The smallest absolute Gasteiger partial charge is 0.203 e. The number of benzene rings is 3. The molecular formula is C27H31N3O. The van der Waals surface area contributed by atoms with E-state index in [0.717, 1.165) is 17.5 Å². The Morgan fingerprint density at radius 2 is 1.35 bits per heavy atom. The Morgan fingerprint density at radius 3 is 1.97 bits per heavy atom. The van der Waals surface area contributed by atoms with E-state index in [0.29, 0.717) is 18.8 Å². The van der Waals surface area contributed by atoms with E-state index in [-0.39, 0.29) is 6.04 Å². The summed E-state index contributed by atoms with van der Waals surface area (Å²) in [6.45, 7) is 7.55. The SMILES string of the molecule is COC[C@H](Cc1ccc(C)cc1)n1c(=N)n(Cc2ccc(C)cc2)c2cc(C)ccc21. The van der Waals surface area contributed by atoms with Gasteiger partial charge in [0.2, 0.25) is 5.62 Å². The first-order chi connectivity index (χ1) is 15.0. The number of nitrogens with one attached hydrogen (secondary N) is 1. The molecule has 0 aliphatic heterocycles. The molecule has 0 aliphatic rings. The molecule has 0 bridgehead atoms. The summed E-state index contributed by atoms with van der Waals surface area (Å²) < 4.78 is 9.87. The minimum Gasteiger partial charge on any atom is -0.383 e. The van der Waals surface area contributed by atoms with Crippen LogP contribution in [0.25, 0.3) is 11.0 Å². The number of hydrogen-bond acceptors (Lipinski definition) is 2. The lowest BCUT2D eigenvalue weighted by Gasteiger charge is -2.19. The molecule has 4 aromatic rings. The first-order valence-corrected chi connectivity index (χ1v) is 10.8. The number of hydrogen-bond donors (Lipinski definition) is 1. The van der Waals surface area contributed by atoms with Gasteiger partial charge in [0.25, 0.3) is 0 Å². The molecule has 0 spiro atoms. The zero-order chi connectivity index (χ0) is 22.0. The van der Waals surface area contributed by atoms with Gasteiger partial charge in [-0.1, -0.05) is 65.7 Å². The van der Waals surface area contributed by atoms with Gasteiger partial charge in [0.1, 0.15) is 0 Å². The number of aryl methyl sites for hydroxylation is 3. The Kier molecular flexibility index (Phi) is 6.10. The monoisotopic (exact) mass is 413 g/mol. The van der Waals surface area contributed by atoms with E-state index in [1.807, 2.05) is 0 Å². The predicted octanol–water partition coefficient (Wildman–Crippen LogP) is 5.33. The second kappa shape index (κ2) is 8.94. The average Bonchev–Trinajstić information content (AvgIpc) is 3.02. The van der Waals surface area contributed by atoms with Crippen molar-refractivity contribution < 1.29 is 4.74 Å². The minimum atomic E-state index is 0.0460. The van der Waals surface area contributed by atoms with Crippen LogP contribution in [0, 0.1) is 26.2 Å². The van der Waals surface area contributed by atoms with E-state index >= 15 is 0 Å². The van der Waals surface area contributed by atoms with Crippen LogP contribution >= 0.6 is 0 Å². The maximum Gasteiger partial charge on any atom is 0.203 e. The van der Waals surface area contributed by atoms with Crippen LogP contribution in [0.15, 0.2) is 66.7 Å². The highest BCUT2D eigenvalue weighted by molar-refractivity contribution is 5.77. The molecule has 0 radical (unpaired) electrons. The van der Waals surface area contributed by atoms with Crippen LogP contribution in [0.4, 0.5) is 0 Å². The maximum absolute atomic E-state index is 9.12. The van der Waals surface area contributed by atoms with Crippen molar-refractivity contribution in [1.82, 2.24) is 9.13 Å². The minimum absolute atomic E-state index is 0.0460. The van der Waals surface area contributed by atoms with Crippen molar-refractivity contribution in [3.05, 3.63) is 100 Å². The number of rotatable bonds is 7. The lowest BCUT2D eigenvalue weighted by Crippen LogP contribution is -2.31. The Labute approximate surface area is 184 Å². The fourth-order valence-electron chi connectivity index (χ4n) is 4.23. The summed E-state index contributed by atoms with van der Waals surface area (Å²) in [5.41, 5.74) is 8.84. The lowest BCUT2D eigenvalue weighted by atomic mass is 10.0. The average molecular weight is 414 g/mol. The van der Waals surface area contributed by atoms with E-state index in [2.05, 4.69) is 96.6 Å². The van der Waals surface area contributed by atoms with Crippen molar-refractivity contribution in [2.45, 2.75) is 39.8 Å². The van der Waals surface area contributed by atoms with Gasteiger partial charge in [-0.05, 0) is 56.0 Å². The summed E-state index contributed by atoms with van der Waals surface area (Å²) in [6.07, 6.45) is 0.822. The first-order valence-electron chi connectivity index (χ1n) is 10.8. The molecule has 1 N–H and O–H groups in total. The molecule has 4 rings (SSSR count). The van der Waals surface area contributed by atoms with Crippen LogP contribution in [-0.2, 0) is 17.7 Å². The number of fused-ring (bicyclic) bond motifs is 1. The molecule has 4 nitrogen and oxygen atoms in total. The van der Waals surface area contributed by atoms with Gasteiger partial charge in [-0.3, -0.25) is 5.41 Å². The van der Waals surface area contributed by atoms with Crippen LogP contribution in [0.2, 0.25) is 0 Å². The number of ether oxygens (including phenoxy) is 1. The molecule has 0 amide bonds. The third-order valence-electron chi connectivity index (χ3n) is 5.94. The summed E-state index contributed by atoms with van der Waals surface area (Å²) in [4.78, 5) is 0. The van der Waals surface area contributed by atoms with Crippen LogP contribution in [0.1, 0.15) is 33.9 Å². The topological polar surface area (TPSA) is 42.9 Å². The van der Waals surface area contributed by atoms with Crippen LogP contribution in [-0.4, -0.2) is 22.9 Å². The van der Waals surface area contributed by atoms with E-state index in [1.54, 1.807) is 7.11 Å². The quantitative estimate of drug-likeness (QED) is 0.437. The molecule has 0 aliphatic carbocycles. The van der Waals surface area contributed by atoms with Crippen molar-refractivity contribution in [2.75, 3.05) is 13.7 Å². The van der Waals surface area contributed by atoms with Gasteiger partial charge in [-0.25, -0.2) is 0 Å². The Bertz CT molecular complexity index is 1230. The first kappa shape index (κ1) is 21.1. The number of methoxy groups -OCH3 is 1. The predicted molar refractivity (Wildman–Crippen MR) is 127 cm³/mol. The maximum atomic E-state index is 9.12.